The molecule has 2 N–H and O–H groups in total. The second-order valence-electron chi connectivity index (χ2n) is 5.24. The van der Waals surface area contributed by atoms with Gasteiger partial charge in [-0.05, 0) is 49.7 Å². The van der Waals surface area contributed by atoms with Crippen LogP contribution in [0.1, 0.15) is 22.8 Å². The highest BCUT2D eigenvalue weighted by Gasteiger charge is 2.20. The molecule has 0 saturated heterocycles. The van der Waals surface area contributed by atoms with Crippen molar-refractivity contribution in [1.29, 1.82) is 0 Å². The van der Waals surface area contributed by atoms with E-state index >= 15 is 0 Å². The molecule has 0 radical (unpaired) electrons. The Morgan fingerprint density at radius 1 is 1.24 bits per heavy atom. The number of carbonyl (C=O) groups excluding carboxylic acids is 1. The summed E-state index contributed by atoms with van der Waals surface area (Å²) in [6.07, 6.45) is 0. The second-order valence-corrected chi connectivity index (χ2v) is 7.33. The summed E-state index contributed by atoms with van der Waals surface area (Å²) in [5, 5.41) is 3.09. The van der Waals surface area contributed by atoms with Gasteiger partial charge in [0, 0.05) is 11.6 Å². The van der Waals surface area contributed by atoms with E-state index in [1.54, 1.807) is 32.0 Å². The third kappa shape index (κ3) is 4.24. The van der Waals surface area contributed by atoms with Gasteiger partial charge in [-0.3, -0.25) is 9.52 Å². The molecule has 0 spiro atoms. The highest BCUT2D eigenvalue weighted by molar-refractivity contribution is 7.92. The lowest BCUT2D eigenvalue weighted by molar-refractivity contribution is 0.0952. The number of sulfonamides is 1. The Balaban J connectivity index is 2.44. The number of hydrogen-bond donors (Lipinski definition) is 2. The summed E-state index contributed by atoms with van der Waals surface area (Å²) < 4.78 is 33.0. The number of methoxy groups -OCH3 is 1. The highest BCUT2D eigenvalue weighted by Crippen LogP contribution is 2.27. The third-order valence-corrected chi connectivity index (χ3v) is 5.35. The van der Waals surface area contributed by atoms with E-state index in [1.165, 1.54) is 25.3 Å². The van der Waals surface area contributed by atoms with Gasteiger partial charge in [0.2, 0.25) is 0 Å². The summed E-state index contributed by atoms with van der Waals surface area (Å²) in [5.74, 6) is -0.112. The van der Waals surface area contributed by atoms with Crippen LogP contribution in [0.2, 0.25) is 5.02 Å². The summed E-state index contributed by atoms with van der Waals surface area (Å²) in [6.45, 7) is 3.90. The van der Waals surface area contributed by atoms with Crippen molar-refractivity contribution in [3.8, 4) is 5.75 Å². The smallest absolute Gasteiger partial charge is 0.261 e. The van der Waals surface area contributed by atoms with Crippen LogP contribution in [0.5, 0.6) is 5.75 Å². The molecule has 0 unspecified atom stereocenters. The van der Waals surface area contributed by atoms with Crippen LogP contribution in [-0.4, -0.2) is 28.0 Å². The average Bonchev–Trinajstić information content (AvgIpc) is 2.58. The van der Waals surface area contributed by atoms with Crippen LogP contribution in [-0.2, 0) is 10.0 Å². The Hall–Kier alpha value is -2.25. The third-order valence-electron chi connectivity index (χ3n) is 3.58. The standard InChI is InChI=1S/C17H19ClN2O4S/c1-4-19-17(21)13-10-12(8-9-16(13)24-3)25(22,23)20-15-7-5-6-14(18)11(15)2/h5-10,20H,4H2,1-3H3,(H,19,21). The zero-order valence-electron chi connectivity index (χ0n) is 14.1. The first-order valence-electron chi connectivity index (χ1n) is 7.54. The lowest BCUT2D eigenvalue weighted by Gasteiger charge is -2.14. The fourth-order valence-electron chi connectivity index (χ4n) is 2.21. The molecule has 6 nitrogen and oxygen atoms in total. The molecule has 2 aromatic carbocycles. The predicted octanol–water partition coefficient (Wildman–Crippen LogP) is 3.21. The van der Waals surface area contributed by atoms with Crippen molar-refractivity contribution in [3.63, 3.8) is 0 Å². The van der Waals surface area contributed by atoms with E-state index in [4.69, 9.17) is 16.3 Å². The van der Waals surface area contributed by atoms with Crippen LogP contribution >= 0.6 is 11.6 Å². The van der Waals surface area contributed by atoms with Gasteiger partial charge < -0.3 is 10.1 Å². The lowest BCUT2D eigenvalue weighted by atomic mass is 10.2. The fourth-order valence-corrected chi connectivity index (χ4v) is 3.53. The van der Waals surface area contributed by atoms with E-state index in [9.17, 15) is 13.2 Å². The van der Waals surface area contributed by atoms with Gasteiger partial charge in [-0.15, -0.1) is 0 Å². The van der Waals surface area contributed by atoms with Crippen molar-refractivity contribution in [2.24, 2.45) is 0 Å². The largest absolute Gasteiger partial charge is 0.496 e. The molecule has 2 rings (SSSR count). The first-order valence-corrected chi connectivity index (χ1v) is 9.40. The number of hydrogen-bond acceptors (Lipinski definition) is 4. The minimum absolute atomic E-state index is 0.0473. The molecule has 2 aromatic rings. The minimum Gasteiger partial charge on any atom is -0.496 e. The number of benzene rings is 2. The van der Waals surface area contributed by atoms with Gasteiger partial charge in [-0.2, -0.15) is 0 Å². The Morgan fingerprint density at radius 2 is 1.96 bits per heavy atom. The first kappa shape index (κ1) is 19.1. The number of carbonyl (C=O) groups is 1. The molecule has 25 heavy (non-hydrogen) atoms. The molecule has 0 aromatic heterocycles. The molecular formula is C17H19ClN2O4S. The zero-order valence-corrected chi connectivity index (χ0v) is 15.7. The summed E-state index contributed by atoms with van der Waals surface area (Å²) in [7, 11) is -2.48. The van der Waals surface area contributed by atoms with Crippen LogP contribution in [0.25, 0.3) is 0 Å². The number of nitrogens with one attached hydrogen (secondary N) is 2. The molecule has 0 bridgehead atoms. The lowest BCUT2D eigenvalue weighted by Crippen LogP contribution is -2.24. The first-order chi connectivity index (χ1) is 11.8. The summed E-state index contributed by atoms with van der Waals surface area (Å²) in [4.78, 5) is 12.1. The maximum atomic E-state index is 12.7. The number of anilines is 1. The van der Waals surface area contributed by atoms with Crippen LogP contribution in [0.3, 0.4) is 0 Å². The normalized spacial score (nSPS) is 11.0. The Bertz CT molecular complexity index is 898. The van der Waals surface area contributed by atoms with Crippen molar-refractivity contribution < 1.29 is 17.9 Å². The van der Waals surface area contributed by atoms with E-state index in [2.05, 4.69) is 10.0 Å². The monoisotopic (exact) mass is 382 g/mol. The van der Waals surface area contributed by atoms with Crippen LogP contribution in [0, 0.1) is 6.92 Å². The summed E-state index contributed by atoms with van der Waals surface area (Å²) in [6, 6.07) is 9.06. The predicted molar refractivity (Wildman–Crippen MR) is 98.0 cm³/mol. The molecule has 0 fully saturated rings. The topological polar surface area (TPSA) is 84.5 Å². The van der Waals surface area contributed by atoms with Crippen molar-refractivity contribution in [2.45, 2.75) is 18.7 Å². The van der Waals surface area contributed by atoms with Gasteiger partial charge in [0.1, 0.15) is 5.75 Å². The molecule has 0 heterocycles. The molecule has 0 saturated carbocycles. The summed E-state index contributed by atoms with van der Waals surface area (Å²) in [5.41, 5.74) is 1.14. The quantitative estimate of drug-likeness (QED) is 0.803. The van der Waals surface area contributed by atoms with Gasteiger partial charge in [0.05, 0.1) is 23.3 Å². The van der Waals surface area contributed by atoms with Crippen molar-refractivity contribution in [1.82, 2.24) is 5.32 Å². The Morgan fingerprint density at radius 3 is 2.60 bits per heavy atom. The van der Waals surface area contributed by atoms with E-state index in [-0.39, 0.29) is 10.5 Å². The van der Waals surface area contributed by atoms with Gasteiger partial charge in [-0.1, -0.05) is 17.7 Å². The van der Waals surface area contributed by atoms with Crippen molar-refractivity contribution in [2.75, 3.05) is 18.4 Å². The number of ether oxygens (including phenoxy) is 1. The van der Waals surface area contributed by atoms with Crippen LogP contribution in [0.4, 0.5) is 5.69 Å². The number of amides is 1. The Kier molecular flexibility index (Phi) is 5.92. The van der Waals surface area contributed by atoms with E-state index in [0.717, 1.165) is 0 Å². The molecule has 8 heteroatoms. The molecule has 1 amide bonds. The zero-order chi connectivity index (χ0) is 18.6. The van der Waals surface area contributed by atoms with Crippen LogP contribution < -0.4 is 14.8 Å². The molecule has 0 aliphatic rings. The maximum absolute atomic E-state index is 12.7. The molecule has 0 aliphatic carbocycles. The molecule has 0 atom stereocenters. The second kappa shape index (κ2) is 7.76. The maximum Gasteiger partial charge on any atom is 0.261 e. The number of halogens is 1. The Labute approximate surface area is 152 Å². The van der Waals surface area contributed by atoms with Gasteiger partial charge in [-0.25, -0.2) is 8.42 Å². The van der Waals surface area contributed by atoms with E-state index < -0.39 is 15.9 Å². The van der Waals surface area contributed by atoms with Gasteiger partial charge >= 0.3 is 0 Å². The molecule has 134 valence electrons. The van der Waals surface area contributed by atoms with Crippen molar-refractivity contribution in [3.05, 3.63) is 52.5 Å². The summed E-state index contributed by atoms with van der Waals surface area (Å²) >= 11 is 6.03. The van der Waals surface area contributed by atoms with E-state index in [0.29, 0.717) is 28.6 Å². The average molecular weight is 383 g/mol. The van der Waals surface area contributed by atoms with Gasteiger partial charge in [0.25, 0.3) is 15.9 Å². The number of rotatable bonds is 6. The SMILES string of the molecule is CCNC(=O)c1cc(S(=O)(=O)Nc2cccc(Cl)c2C)ccc1OC. The minimum atomic E-state index is -3.89. The van der Waals surface area contributed by atoms with Crippen LogP contribution in [0.15, 0.2) is 41.3 Å². The fraction of sp³-hybridized carbons (Fsp3) is 0.235. The highest BCUT2D eigenvalue weighted by atomic mass is 35.5. The van der Waals surface area contributed by atoms with Gasteiger partial charge in [0.15, 0.2) is 0 Å². The molecular weight excluding hydrogens is 364 g/mol. The van der Waals surface area contributed by atoms with E-state index in [1.807, 2.05) is 0 Å². The molecule has 0 aliphatic heterocycles. The van der Waals surface area contributed by atoms with Crippen molar-refractivity contribution >= 4 is 33.2 Å².